The maximum atomic E-state index is 11.5. The van der Waals surface area contributed by atoms with Crippen molar-refractivity contribution >= 4 is 39.8 Å². The van der Waals surface area contributed by atoms with Gasteiger partial charge in [0.2, 0.25) is 0 Å². The fraction of sp³-hybridized carbons (Fsp3) is 0.0588. The molecular formula is C17H13ClN2O2. The predicted molar refractivity (Wildman–Crippen MR) is 88.2 cm³/mol. The molecule has 1 heterocycles. The number of rotatable bonds is 3. The molecule has 0 saturated carbocycles. The van der Waals surface area contributed by atoms with Crippen LogP contribution in [-0.4, -0.2) is 16.1 Å². The highest BCUT2D eigenvalue weighted by molar-refractivity contribution is 6.31. The van der Waals surface area contributed by atoms with Crippen LogP contribution in [0.5, 0.6) is 0 Å². The molecule has 0 fully saturated rings. The van der Waals surface area contributed by atoms with E-state index in [2.05, 4.69) is 10.3 Å². The number of carbonyl (C=O) groups is 1. The van der Waals surface area contributed by atoms with Crippen LogP contribution < -0.4 is 5.32 Å². The smallest absolute Gasteiger partial charge is 0.339 e. The molecule has 4 nitrogen and oxygen atoms in total. The van der Waals surface area contributed by atoms with E-state index >= 15 is 0 Å². The van der Waals surface area contributed by atoms with E-state index in [4.69, 9.17) is 11.6 Å². The lowest BCUT2D eigenvalue weighted by molar-refractivity contribution is 0.0697. The van der Waals surface area contributed by atoms with Gasteiger partial charge in [0.1, 0.15) is 5.56 Å². The van der Waals surface area contributed by atoms with Crippen LogP contribution in [0.2, 0.25) is 5.02 Å². The number of pyridine rings is 1. The van der Waals surface area contributed by atoms with Crippen LogP contribution >= 0.6 is 11.6 Å². The van der Waals surface area contributed by atoms with Gasteiger partial charge < -0.3 is 10.4 Å². The number of aryl methyl sites for hydroxylation is 1. The summed E-state index contributed by atoms with van der Waals surface area (Å²) in [5.74, 6) is -1.04. The van der Waals surface area contributed by atoms with Crippen molar-refractivity contribution in [2.45, 2.75) is 6.92 Å². The number of aromatic nitrogens is 1. The van der Waals surface area contributed by atoms with Crippen molar-refractivity contribution in [3.63, 3.8) is 0 Å². The van der Waals surface area contributed by atoms with Gasteiger partial charge in [0, 0.05) is 22.3 Å². The Morgan fingerprint density at radius 3 is 2.77 bits per heavy atom. The second kappa shape index (κ2) is 5.66. The summed E-state index contributed by atoms with van der Waals surface area (Å²) in [5.41, 5.74) is 3.18. The zero-order valence-electron chi connectivity index (χ0n) is 11.8. The molecule has 0 spiro atoms. The third kappa shape index (κ3) is 2.73. The molecule has 0 aliphatic rings. The van der Waals surface area contributed by atoms with Gasteiger partial charge in [0.05, 0.1) is 11.2 Å². The Balaban J connectivity index is 2.22. The molecule has 0 saturated heterocycles. The zero-order valence-corrected chi connectivity index (χ0v) is 12.6. The standard InChI is InChI=1S/C17H13ClN2O2/c1-10-3-2-4-12(7-10)20-16-13-8-11(18)5-6-15(13)19-9-14(16)17(21)22/h2-9H,1H3,(H,19,20)(H,21,22). The minimum absolute atomic E-state index is 0.108. The monoisotopic (exact) mass is 312 g/mol. The van der Waals surface area contributed by atoms with Gasteiger partial charge in [0.15, 0.2) is 0 Å². The van der Waals surface area contributed by atoms with Crippen LogP contribution in [0.4, 0.5) is 11.4 Å². The Labute approximate surface area is 132 Å². The van der Waals surface area contributed by atoms with Crippen molar-refractivity contribution in [2.24, 2.45) is 0 Å². The van der Waals surface area contributed by atoms with Crippen LogP contribution in [0.25, 0.3) is 10.9 Å². The van der Waals surface area contributed by atoms with Gasteiger partial charge in [-0.3, -0.25) is 4.98 Å². The SMILES string of the molecule is Cc1cccc(Nc2c(C(=O)O)cnc3ccc(Cl)cc23)c1. The first kappa shape index (κ1) is 14.4. The number of anilines is 2. The molecule has 0 aliphatic heterocycles. The fourth-order valence-electron chi connectivity index (χ4n) is 2.33. The van der Waals surface area contributed by atoms with E-state index in [1.807, 2.05) is 31.2 Å². The van der Waals surface area contributed by atoms with E-state index in [0.29, 0.717) is 21.6 Å². The highest BCUT2D eigenvalue weighted by atomic mass is 35.5. The summed E-state index contributed by atoms with van der Waals surface area (Å²) >= 11 is 6.05. The van der Waals surface area contributed by atoms with Crippen LogP contribution in [-0.2, 0) is 0 Å². The average molecular weight is 313 g/mol. The normalized spacial score (nSPS) is 10.6. The predicted octanol–water partition coefficient (Wildman–Crippen LogP) is 4.64. The summed E-state index contributed by atoms with van der Waals surface area (Å²) in [5, 5.41) is 13.8. The maximum absolute atomic E-state index is 11.5. The van der Waals surface area contributed by atoms with Crippen LogP contribution in [0.3, 0.4) is 0 Å². The third-order valence-electron chi connectivity index (χ3n) is 3.35. The quantitative estimate of drug-likeness (QED) is 0.739. The van der Waals surface area contributed by atoms with E-state index in [1.165, 1.54) is 6.20 Å². The highest BCUT2D eigenvalue weighted by Gasteiger charge is 2.15. The first-order valence-electron chi connectivity index (χ1n) is 6.70. The van der Waals surface area contributed by atoms with Gasteiger partial charge >= 0.3 is 5.97 Å². The summed E-state index contributed by atoms with van der Waals surface area (Å²) in [7, 11) is 0. The number of nitrogens with zero attached hydrogens (tertiary/aromatic N) is 1. The second-order valence-electron chi connectivity index (χ2n) is 5.01. The number of fused-ring (bicyclic) bond motifs is 1. The Bertz CT molecular complexity index is 878. The van der Waals surface area contributed by atoms with Gasteiger partial charge in [0.25, 0.3) is 0 Å². The number of aromatic carboxylic acids is 1. The molecule has 0 atom stereocenters. The molecule has 110 valence electrons. The van der Waals surface area contributed by atoms with E-state index in [-0.39, 0.29) is 5.56 Å². The fourth-order valence-corrected chi connectivity index (χ4v) is 2.50. The lowest BCUT2D eigenvalue weighted by Crippen LogP contribution is -2.04. The van der Waals surface area contributed by atoms with Crippen molar-refractivity contribution in [2.75, 3.05) is 5.32 Å². The lowest BCUT2D eigenvalue weighted by Gasteiger charge is -2.13. The van der Waals surface area contributed by atoms with E-state index < -0.39 is 5.97 Å². The number of carboxylic acids is 1. The Hall–Kier alpha value is -2.59. The largest absolute Gasteiger partial charge is 0.478 e. The van der Waals surface area contributed by atoms with Crippen molar-refractivity contribution in [1.29, 1.82) is 0 Å². The molecule has 3 aromatic rings. The zero-order chi connectivity index (χ0) is 15.7. The Kier molecular flexibility index (Phi) is 3.69. The van der Waals surface area contributed by atoms with Gasteiger partial charge in [-0.15, -0.1) is 0 Å². The number of nitrogens with one attached hydrogen (secondary N) is 1. The highest BCUT2D eigenvalue weighted by Crippen LogP contribution is 2.31. The molecule has 22 heavy (non-hydrogen) atoms. The molecule has 5 heteroatoms. The summed E-state index contributed by atoms with van der Waals surface area (Å²) in [6, 6.07) is 12.9. The molecule has 0 radical (unpaired) electrons. The van der Waals surface area contributed by atoms with Crippen molar-refractivity contribution < 1.29 is 9.90 Å². The molecule has 3 rings (SSSR count). The number of hydrogen-bond acceptors (Lipinski definition) is 3. The minimum atomic E-state index is -1.04. The summed E-state index contributed by atoms with van der Waals surface area (Å²) in [4.78, 5) is 15.7. The van der Waals surface area contributed by atoms with E-state index in [9.17, 15) is 9.90 Å². The van der Waals surface area contributed by atoms with E-state index in [1.54, 1.807) is 18.2 Å². The number of hydrogen-bond donors (Lipinski definition) is 2. The molecule has 0 aliphatic carbocycles. The molecule has 2 N–H and O–H groups in total. The van der Waals surface area contributed by atoms with E-state index in [0.717, 1.165) is 11.3 Å². The molecule has 0 bridgehead atoms. The first-order valence-corrected chi connectivity index (χ1v) is 7.07. The van der Waals surface area contributed by atoms with Gasteiger partial charge in [-0.2, -0.15) is 0 Å². The van der Waals surface area contributed by atoms with Gasteiger partial charge in [-0.1, -0.05) is 23.7 Å². The van der Waals surface area contributed by atoms with Crippen molar-refractivity contribution in [3.05, 3.63) is 64.8 Å². The number of halogens is 1. The molecular weight excluding hydrogens is 300 g/mol. The number of carboxylic acid groups (broad SMARTS) is 1. The second-order valence-corrected chi connectivity index (χ2v) is 5.44. The molecule has 0 amide bonds. The first-order chi connectivity index (χ1) is 10.5. The summed E-state index contributed by atoms with van der Waals surface area (Å²) in [6.45, 7) is 1.98. The van der Waals surface area contributed by atoms with Crippen molar-refractivity contribution in [3.8, 4) is 0 Å². The topological polar surface area (TPSA) is 62.2 Å². The lowest BCUT2D eigenvalue weighted by atomic mass is 10.1. The third-order valence-corrected chi connectivity index (χ3v) is 3.58. The van der Waals surface area contributed by atoms with Gasteiger partial charge in [-0.05, 0) is 42.8 Å². The minimum Gasteiger partial charge on any atom is -0.478 e. The maximum Gasteiger partial charge on any atom is 0.339 e. The summed E-state index contributed by atoms with van der Waals surface area (Å²) < 4.78 is 0. The van der Waals surface area contributed by atoms with Crippen LogP contribution in [0.1, 0.15) is 15.9 Å². The van der Waals surface area contributed by atoms with Crippen LogP contribution in [0.15, 0.2) is 48.7 Å². The molecule has 0 unspecified atom stereocenters. The van der Waals surface area contributed by atoms with Crippen LogP contribution in [0, 0.1) is 6.92 Å². The molecule has 2 aromatic carbocycles. The number of benzene rings is 2. The Morgan fingerprint density at radius 2 is 2.05 bits per heavy atom. The van der Waals surface area contributed by atoms with Crippen molar-refractivity contribution in [1.82, 2.24) is 4.98 Å². The van der Waals surface area contributed by atoms with Gasteiger partial charge in [-0.25, -0.2) is 4.79 Å². The Morgan fingerprint density at radius 1 is 1.23 bits per heavy atom. The average Bonchev–Trinajstić information content (AvgIpc) is 2.47. The molecule has 1 aromatic heterocycles. The summed E-state index contributed by atoms with van der Waals surface area (Å²) in [6.07, 6.45) is 1.36.